The van der Waals surface area contributed by atoms with E-state index in [9.17, 15) is 19.2 Å². The Morgan fingerprint density at radius 1 is 1.02 bits per heavy atom. The number of rotatable bonds is 10. The van der Waals surface area contributed by atoms with Crippen LogP contribution in [-0.2, 0) is 23.1 Å². The first-order valence-corrected chi connectivity index (χ1v) is 13.1. The third-order valence-electron chi connectivity index (χ3n) is 6.43. The van der Waals surface area contributed by atoms with Crippen molar-refractivity contribution in [1.82, 2.24) is 4.57 Å². The average Bonchev–Trinajstić information content (AvgIpc) is 2.96. The lowest BCUT2D eigenvalue weighted by Gasteiger charge is -2.23. The fraction of sp³-hybridized carbons (Fsp3) is 0.200. The number of carboxylic acid groups (broad SMARTS) is 1. The molecule has 3 aromatic carbocycles. The van der Waals surface area contributed by atoms with Crippen molar-refractivity contribution in [1.29, 1.82) is 0 Å². The number of pyridine rings is 1. The zero-order valence-corrected chi connectivity index (χ0v) is 23.1. The highest BCUT2D eigenvalue weighted by Crippen LogP contribution is 2.34. The third-order valence-corrected chi connectivity index (χ3v) is 6.75. The summed E-state index contributed by atoms with van der Waals surface area (Å²) in [6.45, 7) is 1.42. The van der Waals surface area contributed by atoms with Gasteiger partial charge < -0.3 is 29.8 Å². The average molecular weight is 578 g/mol. The molecule has 0 saturated carbocycles. The van der Waals surface area contributed by atoms with Gasteiger partial charge in [0.1, 0.15) is 23.1 Å². The molecule has 41 heavy (non-hydrogen) atoms. The minimum absolute atomic E-state index is 0.109. The molecule has 0 unspecified atom stereocenters. The summed E-state index contributed by atoms with van der Waals surface area (Å²) >= 11 is 6.53. The fourth-order valence-electron chi connectivity index (χ4n) is 4.36. The zero-order valence-electron chi connectivity index (χ0n) is 22.4. The number of carbonyl (C=O) groups is 3. The molecule has 1 atom stereocenters. The number of anilines is 1. The van der Waals surface area contributed by atoms with Crippen molar-refractivity contribution in [2.75, 3.05) is 18.1 Å². The van der Waals surface area contributed by atoms with Gasteiger partial charge in [-0.2, -0.15) is 0 Å². The lowest BCUT2D eigenvalue weighted by molar-refractivity contribution is -0.138. The van der Waals surface area contributed by atoms with E-state index in [1.165, 1.54) is 28.6 Å². The number of halogens is 1. The summed E-state index contributed by atoms with van der Waals surface area (Å²) < 4.78 is 12.5. The van der Waals surface area contributed by atoms with E-state index in [1.54, 1.807) is 61.5 Å². The molecule has 0 radical (unpaired) electrons. The molecule has 212 valence electrons. The molecule has 0 bridgehead atoms. The van der Waals surface area contributed by atoms with Crippen LogP contribution >= 0.6 is 11.6 Å². The number of esters is 1. The Hall–Kier alpha value is -4.67. The van der Waals surface area contributed by atoms with E-state index in [1.807, 2.05) is 6.07 Å². The normalized spacial score (nSPS) is 11.6. The Balaban J connectivity index is 1.65. The number of para-hydroxylation sites is 1. The smallest absolute Gasteiger partial charge is 0.349 e. The number of amides is 1. The zero-order chi connectivity index (χ0) is 29.7. The van der Waals surface area contributed by atoms with Gasteiger partial charge in [-0.05, 0) is 55.3 Å². The second-order valence-electron chi connectivity index (χ2n) is 9.14. The van der Waals surface area contributed by atoms with Crippen LogP contribution in [0.25, 0.3) is 10.9 Å². The summed E-state index contributed by atoms with van der Waals surface area (Å²) in [6.07, 6.45) is 0.109. The molecular weight excluding hydrogens is 550 g/mol. The van der Waals surface area contributed by atoms with Crippen molar-refractivity contribution in [2.45, 2.75) is 19.4 Å². The molecule has 1 aromatic heterocycles. The van der Waals surface area contributed by atoms with Crippen LogP contribution in [0.3, 0.4) is 0 Å². The Kier molecular flexibility index (Phi) is 9.06. The Bertz CT molecular complexity index is 1650. The number of nitrogens with two attached hydrogens (primary N) is 1. The molecule has 11 heteroatoms. The summed E-state index contributed by atoms with van der Waals surface area (Å²) in [5, 5.41) is 9.51. The van der Waals surface area contributed by atoms with Crippen LogP contribution in [0.5, 0.6) is 11.5 Å². The highest BCUT2D eigenvalue weighted by atomic mass is 35.5. The quantitative estimate of drug-likeness (QED) is 0.214. The van der Waals surface area contributed by atoms with Crippen LogP contribution in [0, 0.1) is 0 Å². The molecule has 3 N–H and O–H groups in total. The summed E-state index contributed by atoms with van der Waals surface area (Å²) in [5.41, 5.74) is 6.33. The lowest BCUT2D eigenvalue weighted by Crippen LogP contribution is -2.37. The number of benzene rings is 3. The van der Waals surface area contributed by atoms with Crippen LogP contribution in [0.4, 0.5) is 5.69 Å². The van der Waals surface area contributed by atoms with Gasteiger partial charge in [-0.1, -0.05) is 48.0 Å². The maximum Gasteiger partial charge on any atom is 0.349 e. The van der Waals surface area contributed by atoms with Gasteiger partial charge in [-0.3, -0.25) is 14.4 Å². The largest absolute Gasteiger partial charge is 0.480 e. The molecular formula is C30H28ClN3O7. The number of fused-ring (bicyclic) bond motifs is 1. The number of nitrogens with zero attached hydrogens (tertiary/aromatic N) is 2. The van der Waals surface area contributed by atoms with E-state index < -0.39 is 36.1 Å². The van der Waals surface area contributed by atoms with Crippen LogP contribution in [-0.4, -0.2) is 46.7 Å². The predicted octanol–water partition coefficient (Wildman–Crippen LogP) is 3.80. The molecule has 1 amide bonds. The number of aryl methyl sites for hydroxylation is 1. The first kappa shape index (κ1) is 29.3. The Morgan fingerprint density at radius 2 is 1.71 bits per heavy atom. The standard InChI is InChI=1S/C30H28ClN3O7/c1-3-34(19-8-5-4-6-9-19)29(37)26-27(25-21(31)10-7-11-23(25)33(2)28(26)36)40-17-24(35)41-20-14-12-18(13-15-20)16-22(32)30(38)39/h4-15,22H,3,16-17,32H2,1-2H3,(H,38,39)/t22-/m0/s1. The van der Waals surface area contributed by atoms with Gasteiger partial charge in [0, 0.05) is 19.3 Å². The van der Waals surface area contributed by atoms with Crippen LogP contribution in [0.1, 0.15) is 22.8 Å². The van der Waals surface area contributed by atoms with Gasteiger partial charge in [0.15, 0.2) is 6.61 Å². The predicted molar refractivity (Wildman–Crippen MR) is 155 cm³/mol. The van der Waals surface area contributed by atoms with Gasteiger partial charge in [0.05, 0.1) is 15.9 Å². The van der Waals surface area contributed by atoms with Crippen LogP contribution in [0.15, 0.2) is 77.6 Å². The van der Waals surface area contributed by atoms with E-state index in [2.05, 4.69) is 0 Å². The number of hydrogen-bond acceptors (Lipinski definition) is 7. The maximum absolute atomic E-state index is 13.8. The van der Waals surface area contributed by atoms with Crippen molar-refractivity contribution in [3.8, 4) is 11.5 Å². The first-order chi connectivity index (χ1) is 19.6. The minimum Gasteiger partial charge on any atom is -0.480 e. The Labute approximate surface area is 240 Å². The van der Waals surface area contributed by atoms with E-state index in [0.717, 1.165) is 0 Å². The maximum atomic E-state index is 13.8. The van der Waals surface area contributed by atoms with E-state index in [-0.39, 0.29) is 35.1 Å². The molecule has 0 fully saturated rings. The van der Waals surface area contributed by atoms with Gasteiger partial charge in [0.2, 0.25) is 0 Å². The van der Waals surface area contributed by atoms with E-state index in [4.69, 9.17) is 31.9 Å². The highest BCUT2D eigenvalue weighted by molar-refractivity contribution is 6.36. The first-order valence-electron chi connectivity index (χ1n) is 12.7. The molecule has 0 aliphatic carbocycles. The van der Waals surface area contributed by atoms with E-state index in [0.29, 0.717) is 22.2 Å². The molecule has 0 aliphatic rings. The van der Waals surface area contributed by atoms with E-state index >= 15 is 0 Å². The second-order valence-corrected chi connectivity index (χ2v) is 9.55. The number of carboxylic acids is 1. The molecule has 0 saturated heterocycles. The summed E-state index contributed by atoms with van der Waals surface area (Å²) in [7, 11) is 1.53. The van der Waals surface area contributed by atoms with Crippen molar-refractivity contribution >= 4 is 46.0 Å². The van der Waals surface area contributed by atoms with Crippen LogP contribution < -0.4 is 25.7 Å². The number of hydrogen-bond donors (Lipinski definition) is 2. The highest BCUT2D eigenvalue weighted by Gasteiger charge is 2.29. The monoisotopic (exact) mass is 577 g/mol. The molecule has 4 aromatic rings. The van der Waals surface area contributed by atoms with Crippen molar-refractivity contribution in [2.24, 2.45) is 12.8 Å². The van der Waals surface area contributed by atoms with Crippen molar-refractivity contribution in [3.63, 3.8) is 0 Å². The summed E-state index contributed by atoms with van der Waals surface area (Å²) in [5.74, 6) is -2.46. The summed E-state index contributed by atoms with van der Waals surface area (Å²) in [4.78, 5) is 52.5. The van der Waals surface area contributed by atoms with Crippen molar-refractivity contribution in [3.05, 3.63) is 99.3 Å². The van der Waals surface area contributed by atoms with Crippen LogP contribution in [0.2, 0.25) is 5.02 Å². The topological polar surface area (TPSA) is 141 Å². The third kappa shape index (κ3) is 6.40. The van der Waals surface area contributed by atoms with Crippen molar-refractivity contribution < 1.29 is 29.0 Å². The van der Waals surface area contributed by atoms with Gasteiger partial charge >= 0.3 is 11.9 Å². The number of carbonyl (C=O) groups excluding carboxylic acids is 2. The Morgan fingerprint density at radius 3 is 2.34 bits per heavy atom. The molecule has 10 nitrogen and oxygen atoms in total. The minimum atomic E-state index is -1.12. The second kappa shape index (κ2) is 12.7. The summed E-state index contributed by atoms with van der Waals surface area (Å²) in [6, 6.07) is 18.9. The lowest BCUT2D eigenvalue weighted by atomic mass is 10.1. The number of ether oxygens (including phenoxy) is 2. The molecule has 4 rings (SSSR count). The number of aromatic nitrogens is 1. The van der Waals surface area contributed by atoms with Gasteiger partial charge in [0.25, 0.3) is 11.5 Å². The molecule has 1 heterocycles. The molecule has 0 spiro atoms. The van der Waals surface area contributed by atoms with Gasteiger partial charge in [-0.15, -0.1) is 0 Å². The number of aliphatic carboxylic acids is 1. The SMILES string of the molecule is CCN(C(=O)c1c(OCC(=O)Oc2ccc(C[C@H](N)C(=O)O)cc2)c2c(Cl)cccc2n(C)c1=O)c1ccccc1. The molecule has 0 aliphatic heterocycles. The van der Waals surface area contributed by atoms with Gasteiger partial charge in [-0.25, -0.2) is 4.79 Å². The fourth-order valence-corrected chi connectivity index (χ4v) is 4.62.